The van der Waals surface area contributed by atoms with Gasteiger partial charge in [0.2, 0.25) is 5.91 Å². The summed E-state index contributed by atoms with van der Waals surface area (Å²) in [4.78, 5) is 24.5. The van der Waals surface area contributed by atoms with E-state index in [-0.39, 0.29) is 23.5 Å². The predicted molar refractivity (Wildman–Crippen MR) is 106 cm³/mol. The zero-order valence-corrected chi connectivity index (χ0v) is 15.9. The summed E-state index contributed by atoms with van der Waals surface area (Å²) in [5.41, 5.74) is 2.73. The van der Waals surface area contributed by atoms with Crippen LogP contribution in [0, 0.1) is 30.0 Å². The lowest BCUT2D eigenvalue weighted by Crippen LogP contribution is -2.24. The second kappa shape index (κ2) is 9.47. The molecule has 1 atom stereocenters. The van der Waals surface area contributed by atoms with E-state index in [9.17, 15) is 14.0 Å². The normalized spacial score (nSPS) is 11.2. The van der Waals surface area contributed by atoms with Gasteiger partial charge in [0.25, 0.3) is 5.91 Å². The van der Waals surface area contributed by atoms with E-state index in [1.165, 1.54) is 24.3 Å². The largest absolute Gasteiger partial charge is 0.326 e. The van der Waals surface area contributed by atoms with Crippen LogP contribution in [0.15, 0.2) is 54.7 Å². The first kappa shape index (κ1) is 20.8. The van der Waals surface area contributed by atoms with Crippen molar-refractivity contribution in [1.82, 2.24) is 5.32 Å². The van der Waals surface area contributed by atoms with Crippen molar-refractivity contribution in [2.24, 2.45) is 5.92 Å². The lowest BCUT2D eigenvalue weighted by Gasteiger charge is -2.14. The third kappa shape index (κ3) is 5.78. The van der Waals surface area contributed by atoms with E-state index in [0.717, 1.165) is 5.56 Å². The topological polar surface area (TPSA) is 82.0 Å². The lowest BCUT2D eigenvalue weighted by molar-refractivity contribution is -0.119. The monoisotopic (exact) mass is 379 g/mol. The predicted octanol–water partition coefficient (Wildman–Crippen LogP) is 4.30. The molecule has 0 aliphatic carbocycles. The molecule has 0 aromatic heterocycles. The van der Waals surface area contributed by atoms with Crippen LogP contribution in [0.5, 0.6) is 0 Å². The number of nitrogens with zero attached hydrogens (tertiary/aromatic N) is 1. The summed E-state index contributed by atoms with van der Waals surface area (Å²) >= 11 is 0. The molecule has 0 saturated heterocycles. The van der Waals surface area contributed by atoms with Crippen LogP contribution in [0.25, 0.3) is 0 Å². The molecule has 2 aromatic carbocycles. The van der Waals surface area contributed by atoms with Gasteiger partial charge in [-0.05, 0) is 67.8 Å². The van der Waals surface area contributed by atoms with Gasteiger partial charge >= 0.3 is 0 Å². The number of rotatable bonds is 7. The molecule has 144 valence electrons. The smallest absolute Gasteiger partial charge is 0.255 e. The zero-order valence-electron chi connectivity index (χ0n) is 15.9. The number of hydrogen-bond acceptors (Lipinski definition) is 3. The maximum absolute atomic E-state index is 12.9. The first-order valence-electron chi connectivity index (χ1n) is 8.86. The second-order valence-corrected chi connectivity index (χ2v) is 6.64. The molecule has 2 rings (SSSR count). The van der Waals surface area contributed by atoms with Gasteiger partial charge in [-0.25, -0.2) is 4.39 Å². The highest BCUT2D eigenvalue weighted by atomic mass is 19.1. The molecule has 0 aliphatic rings. The Kier molecular flexibility index (Phi) is 7.05. The molecule has 2 N–H and O–H groups in total. The third-order valence-corrected chi connectivity index (χ3v) is 4.34. The van der Waals surface area contributed by atoms with Gasteiger partial charge in [-0.3, -0.25) is 9.59 Å². The third-order valence-electron chi connectivity index (χ3n) is 4.34. The van der Waals surface area contributed by atoms with Crippen molar-refractivity contribution in [3.05, 3.63) is 77.2 Å². The number of allylic oxidation sites excluding steroid dienone is 1. The molecular formula is C22H22FN3O2. The number of nitriles is 1. The molecule has 0 bridgehead atoms. The Morgan fingerprint density at radius 3 is 2.50 bits per heavy atom. The Labute approximate surface area is 163 Å². The van der Waals surface area contributed by atoms with Crippen LogP contribution >= 0.6 is 0 Å². The van der Waals surface area contributed by atoms with Crippen LogP contribution in [0.4, 0.5) is 10.1 Å². The van der Waals surface area contributed by atoms with Gasteiger partial charge in [0, 0.05) is 22.9 Å². The lowest BCUT2D eigenvalue weighted by atomic mass is 10.0. The average molecular weight is 379 g/mol. The first-order valence-corrected chi connectivity index (χ1v) is 8.86. The van der Waals surface area contributed by atoms with Crippen molar-refractivity contribution < 1.29 is 14.0 Å². The molecule has 5 nitrogen and oxygen atoms in total. The molecule has 0 saturated carbocycles. The van der Waals surface area contributed by atoms with E-state index in [1.54, 1.807) is 32.0 Å². The number of carbonyl (C=O) groups excluding carboxylic acids is 2. The molecule has 0 heterocycles. The Morgan fingerprint density at radius 2 is 1.89 bits per heavy atom. The van der Waals surface area contributed by atoms with Crippen molar-refractivity contribution in [3.63, 3.8) is 0 Å². The summed E-state index contributed by atoms with van der Waals surface area (Å²) < 4.78 is 12.9. The second-order valence-electron chi connectivity index (χ2n) is 6.64. The zero-order chi connectivity index (χ0) is 20.7. The van der Waals surface area contributed by atoms with Crippen molar-refractivity contribution in [1.29, 1.82) is 5.26 Å². The van der Waals surface area contributed by atoms with Crippen molar-refractivity contribution in [2.45, 2.75) is 26.7 Å². The van der Waals surface area contributed by atoms with Crippen LogP contribution < -0.4 is 10.6 Å². The molecule has 0 spiro atoms. The highest BCUT2D eigenvalue weighted by Gasteiger charge is 2.15. The summed E-state index contributed by atoms with van der Waals surface area (Å²) in [6, 6.07) is 12.5. The Bertz CT molecular complexity index is 930. The Hall–Kier alpha value is -3.46. The minimum Gasteiger partial charge on any atom is -0.326 e. The van der Waals surface area contributed by atoms with E-state index in [2.05, 4.69) is 23.3 Å². The fourth-order valence-corrected chi connectivity index (χ4v) is 2.55. The minimum atomic E-state index is -0.365. The van der Waals surface area contributed by atoms with Gasteiger partial charge in [-0.2, -0.15) is 5.26 Å². The van der Waals surface area contributed by atoms with E-state index in [1.807, 2.05) is 0 Å². The molecule has 2 amide bonds. The number of nitrogens with one attached hydrogen (secondary N) is 2. The SMILES string of the molecule is C=C(CC[C@H](C)C(=O)Nc1ccc(F)cc1)NC(=O)c1ccc(C#N)c(C)c1. The molecule has 0 unspecified atom stereocenters. The van der Waals surface area contributed by atoms with E-state index < -0.39 is 0 Å². The summed E-state index contributed by atoms with van der Waals surface area (Å²) in [5.74, 6) is -1.17. The number of anilines is 1. The van der Waals surface area contributed by atoms with Gasteiger partial charge in [-0.15, -0.1) is 0 Å². The molecule has 0 fully saturated rings. The van der Waals surface area contributed by atoms with Crippen molar-refractivity contribution in [2.75, 3.05) is 5.32 Å². The van der Waals surface area contributed by atoms with Gasteiger partial charge in [0.1, 0.15) is 5.82 Å². The van der Waals surface area contributed by atoms with Crippen LogP contribution in [-0.4, -0.2) is 11.8 Å². The fraction of sp³-hybridized carbons (Fsp3) is 0.227. The summed E-state index contributed by atoms with van der Waals surface area (Å²) in [6.45, 7) is 7.39. The standard InChI is InChI=1S/C22H22FN3O2/c1-14(21(27)26-20-10-8-19(23)9-11-20)4-5-16(3)25-22(28)17-6-7-18(13-24)15(2)12-17/h6-12,14H,3-5H2,1-2H3,(H,25,28)(H,26,27)/t14-/m0/s1. The molecule has 0 aliphatic heterocycles. The number of amides is 2. The van der Waals surface area contributed by atoms with Gasteiger partial charge in [0.15, 0.2) is 0 Å². The average Bonchev–Trinajstić information content (AvgIpc) is 2.67. The number of aryl methyl sites for hydroxylation is 1. The fourth-order valence-electron chi connectivity index (χ4n) is 2.55. The van der Waals surface area contributed by atoms with Crippen LogP contribution in [-0.2, 0) is 4.79 Å². The number of hydrogen-bond donors (Lipinski definition) is 2. The van der Waals surface area contributed by atoms with Crippen molar-refractivity contribution >= 4 is 17.5 Å². The molecule has 28 heavy (non-hydrogen) atoms. The number of halogens is 1. The summed E-state index contributed by atoms with van der Waals surface area (Å²) in [7, 11) is 0. The maximum atomic E-state index is 12.9. The highest BCUT2D eigenvalue weighted by molar-refractivity contribution is 5.95. The quantitative estimate of drug-likeness (QED) is 0.752. The minimum absolute atomic E-state index is 0.187. The van der Waals surface area contributed by atoms with E-state index in [4.69, 9.17) is 5.26 Å². The summed E-state index contributed by atoms with van der Waals surface area (Å²) in [5, 5.41) is 14.4. The van der Waals surface area contributed by atoms with E-state index >= 15 is 0 Å². The first-order chi connectivity index (χ1) is 13.3. The summed E-state index contributed by atoms with van der Waals surface area (Å²) in [6.07, 6.45) is 0.942. The van der Waals surface area contributed by atoms with Gasteiger partial charge < -0.3 is 10.6 Å². The van der Waals surface area contributed by atoms with E-state index in [0.29, 0.717) is 35.4 Å². The van der Waals surface area contributed by atoms with Crippen LogP contribution in [0.2, 0.25) is 0 Å². The Morgan fingerprint density at radius 1 is 1.21 bits per heavy atom. The van der Waals surface area contributed by atoms with Crippen LogP contribution in [0.3, 0.4) is 0 Å². The maximum Gasteiger partial charge on any atom is 0.255 e. The molecule has 6 heteroatoms. The molecular weight excluding hydrogens is 357 g/mol. The van der Waals surface area contributed by atoms with Gasteiger partial charge in [-0.1, -0.05) is 13.5 Å². The number of carbonyl (C=O) groups is 2. The molecule has 0 radical (unpaired) electrons. The Balaban J connectivity index is 1.83. The highest BCUT2D eigenvalue weighted by Crippen LogP contribution is 2.15. The number of benzene rings is 2. The van der Waals surface area contributed by atoms with Crippen LogP contribution in [0.1, 0.15) is 41.3 Å². The molecule has 2 aromatic rings. The van der Waals surface area contributed by atoms with Gasteiger partial charge in [0.05, 0.1) is 11.6 Å². The van der Waals surface area contributed by atoms with Crippen molar-refractivity contribution in [3.8, 4) is 6.07 Å².